The first-order valence-corrected chi connectivity index (χ1v) is 11.1. The van der Waals surface area contributed by atoms with Crippen LogP contribution in [-0.4, -0.2) is 28.2 Å². The number of amides is 1. The van der Waals surface area contributed by atoms with E-state index in [1.165, 1.54) is 17.5 Å². The molecule has 0 aromatic heterocycles. The first-order chi connectivity index (χ1) is 14.6. The molecule has 2 aromatic carbocycles. The average molecular weight is 404 g/mol. The topological polar surface area (TPSA) is 57.6 Å². The van der Waals surface area contributed by atoms with Gasteiger partial charge in [0.2, 0.25) is 0 Å². The number of likely N-dealkylation sites (tertiary alicyclic amines) is 1. The van der Waals surface area contributed by atoms with Gasteiger partial charge < -0.3 is 10.0 Å². The predicted octanol–water partition coefficient (Wildman–Crippen LogP) is 5.18. The molecule has 0 radical (unpaired) electrons. The van der Waals surface area contributed by atoms with Crippen LogP contribution < -0.4 is 0 Å². The molecule has 1 amide bonds. The lowest BCUT2D eigenvalue weighted by Gasteiger charge is -2.25. The second kappa shape index (κ2) is 8.86. The molecule has 30 heavy (non-hydrogen) atoms. The Labute approximate surface area is 178 Å². The Morgan fingerprint density at radius 2 is 1.73 bits per heavy atom. The van der Waals surface area contributed by atoms with Crippen molar-refractivity contribution in [3.8, 4) is 0 Å². The van der Waals surface area contributed by atoms with Crippen LogP contribution in [0.4, 0.5) is 0 Å². The molecule has 1 N–H and O–H groups in total. The van der Waals surface area contributed by atoms with Crippen molar-refractivity contribution >= 4 is 17.4 Å². The smallest absolute Gasteiger partial charge is 0.295 e. The lowest BCUT2D eigenvalue weighted by atomic mass is 9.88. The Kier molecular flexibility index (Phi) is 6.03. The SMILES string of the molecule is CCCCCN1C(=O)C(=O)/C(=C(\O)c2ccc3c(c2)CCCC3)C1c1ccccc1. The number of nitrogens with zero attached hydrogens (tertiary/aromatic N) is 1. The molecule has 1 atom stereocenters. The molecule has 1 aliphatic heterocycles. The van der Waals surface area contributed by atoms with Crippen molar-refractivity contribution in [2.45, 2.75) is 57.9 Å². The minimum Gasteiger partial charge on any atom is -0.507 e. The van der Waals surface area contributed by atoms with Crippen molar-refractivity contribution in [3.05, 3.63) is 76.4 Å². The Balaban J connectivity index is 1.79. The van der Waals surface area contributed by atoms with Gasteiger partial charge in [-0.3, -0.25) is 9.59 Å². The molecule has 2 aromatic rings. The van der Waals surface area contributed by atoms with Crippen LogP contribution in [-0.2, 0) is 22.4 Å². The van der Waals surface area contributed by atoms with Gasteiger partial charge in [-0.05, 0) is 54.9 Å². The Bertz CT molecular complexity index is 977. The van der Waals surface area contributed by atoms with E-state index in [4.69, 9.17) is 0 Å². The number of aliphatic hydroxyl groups is 1. The molecular formula is C26H29NO3. The van der Waals surface area contributed by atoms with Gasteiger partial charge in [-0.1, -0.05) is 62.2 Å². The number of aryl methyl sites for hydroxylation is 2. The van der Waals surface area contributed by atoms with Crippen molar-refractivity contribution in [1.29, 1.82) is 0 Å². The lowest BCUT2D eigenvalue weighted by molar-refractivity contribution is -0.139. The highest BCUT2D eigenvalue weighted by Gasteiger charge is 2.45. The van der Waals surface area contributed by atoms with Crippen LogP contribution in [0.1, 0.15) is 67.3 Å². The molecule has 2 aliphatic rings. The molecule has 4 heteroatoms. The Morgan fingerprint density at radius 1 is 1.00 bits per heavy atom. The summed E-state index contributed by atoms with van der Waals surface area (Å²) in [4.78, 5) is 27.6. The maximum absolute atomic E-state index is 13.0. The van der Waals surface area contributed by atoms with E-state index < -0.39 is 17.7 Å². The molecule has 1 unspecified atom stereocenters. The Hall–Kier alpha value is -2.88. The second-order valence-corrected chi connectivity index (χ2v) is 8.30. The monoisotopic (exact) mass is 403 g/mol. The summed E-state index contributed by atoms with van der Waals surface area (Å²) in [6, 6.07) is 14.9. The standard InChI is InChI=1S/C26H29NO3/c1-2-3-9-16-27-23(19-11-5-4-6-12-19)22(25(29)26(27)30)24(28)21-15-14-18-10-7-8-13-20(18)17-21/h4-6,11-12,14-15,17,23,28H,2-3,7-10,13,16H2,1H3/b24-22-. The lowest BCUT2D eigenvalue weighted by Crippen LogP contribution is -2.30. The third kappa shape index (κ3) is 3.79. The quantitative estimate of drug-likeness (QED) is 0.313. The minimum atomic E-state index is -0.587. The van der Waals surface area contributed by atoms with Gasteiger partial charge in [0.25, 0.3) is 11.7 Å². The fourth-order valence-corrected chi connectivity index (χ4v) is 4.66. The van der Waals surface area contributed by atoms with E-state index in [9.17, 15) is 14.7 Å². The first kappa shape index (κ1) is 20.4. The molecule has 156 valence electrons. The molecule has 1 aliphatic carbocycles. The fraction of sp³-hybridized carbons (Fsp3) is 0.385. The summed E-state index contributed by atoms with van der Waals surface area (Å²) in [6.07, 6.45) is 7.25. The van der Waals surface area contributed by atoms with Crippen molar-refractivity contribution in [2.24, 2.45) is 0 Å². The number of hydrogen-bond acceptors (Lipinski definition) is 3. The number of hydrogen-bond donors (Lipinski definition) is 1. The zero-order valence-electron chi connectivity index (χ0n) is 17.6. The first-order valence-electron chi connectivity index (χ1n) is 11.1. The van der Waals surface area contributed by atoms with E-state index in [-0.39, 0.29) is 11.3 Å². The summed E-state index contributed by atoms with van der Waals surface area (Å²) in [7, 11) is 0. The van der Waals surface area contributed by atoms with E-state index in [2.05, 4.69) is 13.0 Å². The summed E-state index contributed by atoms with van der Waals surface area (Å²) in [5.74, 6) is -1.16. The molecule has 4 nitrogen and oxygen atoms in total. The maximum atomic E-state index is 13.0. The number of unbranched alkanes of at least 4 members (excludes halogenated alkanes) is 2. The van der Waals surface area contributed by atoms with Gasteiger partial charge in [0.05, 0.1) is 11.6 Å². The number of carbonyl (C=O) groups is 2. The minimum absolute atomic E-state index is 0.0615. The second-order valence-electron chi connectivity index (χ2n) is 8.30. The van der Waals surface area contributed by atoms with E-state index in [1.54, 1.807) is 4.90 Å². The highest BCUT2D eigenvalue weighted by atomic mass is 16.3. The number of carbonyl (C=O) groups excluding carboxylic acids is 2. The van der Waals surface area contributed by atoms with Crippen molar-refractivity contribution in [2.75, 3.05) is 6.54 Å². The van der Waals surface area contributed by atoms with Crippen LogP contribution in [0.3, 0.4) is 0 Å². The van der Waals surface area contributed by atoms with E-state index in [1.807, 2.05) is 42.5 Å². The summed E-state index contributed by atoms with van der Waals surface area (Å²) in [5.41, 5.74) is 4.24. The zero-order chi connectivity index (χ0) is 21.1. The van der Waals surface area contributed by atoms with Gasteiger partial charge in [0.15, 0.2) is 0 Å². The molecule has 0 spiro atoms. The molecule has 4 rings (SSSR count). The summed E-state index contributed by atoms with van der Waals surface area (Å²) in [5, 5.41) is 11.2. The van der Waals surface area contributed by atoms with Crippen LogP contribution in [0.25, 0.3) is 5.76 Å². The molecule has 1 saturated heterocycles. The normalized spacial score (nSPS) is 20.4. The number of aliphatic hydroxyl groups excluding tert-OH is 1. The average Bonchev–Trinajstić information content (AvgIpc) is 3.04. The molecule has 1 fully saturated rings. The van der Waals surface area contributed by atoms with E-state index >= 15 is 0 Å². The molecule has 0 saturated carbocycles. The highest BCUT2D eigenvalue weighted by Crippen LogP contribution is 2.40. The van der Waals surface area contributed by atoms with Crippen LogP contribution in [0.15, 0.2) is 54.1 Å². The van der Waals surface area contributed by atoms with Crippen LogP contribution in [0.5, 0.6) is 0 Å². The molecule has 0 bridgehead atoms. The van der Waals surface area contributed by atoms with Gasteiger partial charge in [0, 0.05) is 12.1 Å². The van der Waals surface area contributed by atoms with Gasteiger partial charge in [-0.15, -0.1) is 0 Å². The van der Waals surface area contributed by atoms with Gasteiger partial charge in [-0.2, -0.15) is 0 Å². The summed E-state index contributed by atoms with van der Waals surface area (Å²) >= 11 is 0. The number of Topliss-reactive ketones (excluding diaryl/α,β-unsaturated/α-hetero) is 1. The van der Waals surface area contributed by atoms with E-state index in [0.29, 0.717) is 12.1 Å². The third-order valence-electron chi connectivity index (χ3n) is 6.28. The van der Waals surface area contributed by atoms with E-state index in [0.717, 1.165) is 44.1 Å². The number of fused-ring (bicyclic) bond motifs is 1. The molecular weight excluding hydrogens is 374 g/mol. The van der Waals surface area contributed by atoms with Gasteiger partial charge in [0.1, 0.15) is 5.76 Å². The van der Waals surface area contributed by atoms with Crippen LogP contribution >= 0.6 is 0 Å². The molecule has 1 heterocycles. The van der Waals surface area contributed by atoms with Crippen molar-refractivity contribution < 1.29 is 14.7 Å². The zero-order valence-corrected chi connectivity index (χ0v) is 17.6. The number of ketones is 1. The van der Waals surface area contributed by atoms with Gasteiger partial charge >= 0.3 is 0 Å². The third-order valence-corrected chi connectivity index (χ3v) is 6.28. The van der Waals surface area contributed by atoms with Crippen molar-refractivity contribution in [1.82, 2.24) is 4.90 Å². The summed E-state index contributed by atoms with van der Waals surface area (Å²) in [6.45, 7) is 2.62. The summed E-state index contributed by atoms with van der Waals surface area (Å²) < 4.78 is 0. The highest BCUT2D eigenvalue weighted by molar-refractivity contribution is 6.46. The van der Waals surface area contributed by atoms with Gasteiger partial charge in [-0.25, -0.2) is 0 Å². The fourth-order valence-electron chi connectivity index (χ4n) is 4.66. The van der Waals surface area contributed by atoms with Crippen LogP contribution in [0.2, 0.25) is 0 Å². The Morgan fingerprint density at radius 3 is 2.47 bits per heavy atom. The predicted molar refractivity (Wildman–Crippen MR) is 118 cm³/mol. The van der Waals surface area contributed by atoms with Crippen molar-refractivity contribution in [3.63, 3.8) is 0 Å². The number of rotatable bonds is 6. The largest absolute Gasteiger partial charge is 0.507 e. The van der Waals surface area contributed by atoms with Crippen LogP contribution in [0, 0.1) is 0 Å². The number of benzene rings is 2. The maximum Gasteiger partial charge on any atom is 0.295 e.